The molecule has 0 fully saturated rings. The van der Waals surface area contributed by atoms with E-state index in [1.165, 1.54) is 12.1 Å². The van der Waals surface area contributed by atoms with Crippen molar-refractivity contribution in [3.63, 3.8) is 0 Å². The molecule has 12 rings (SSSR count). The van der Waals surface area contributed by atoms with E-state index in [-0.39, 0.29) is 16.9 Å². The number of benzene rings is 6. The molecule has 6 heterocycles. The number of hydrogen-bond acceptors (Lipinski definition) is 8. The Bertz CT molecular complexity index is 3780. The van der Waals surface area contributed by atoms with Crippen LogP contribution in [0.25, 0.3) is 112 Å². The summed E-state index contributed by atoms with van der Waals surface area (Å²) in [5.74, 6) is 1.55. The van der Waals surface area contributed by atoms with Crippen molar-refractivity contribution >= 4 is 43.6 Å². The Labute approximate surface area is 392 Å². The second kappa shape index (κ2) is 16.3. The van der Waals surface area contributed by atoms with Crippen LogP contribution in [0.4, 0.5) is 26.3 Å². The van der Waals surface area contributed by atoms with Crippen LogP contribution in [0.15, 0.2) is 183 Å². The van der Waals surface area contributed by atoms with Crippen molar-refractivity contribution in [1.29, 1.82) is 0 Å². The standard InChI is InChI=1S/C54H30F6N10/c55-53(56,57)36-7-1-6-31(24-36)41-29-47(69-43-25-32(49-61-16-2-17-62-49)8-12-37(43)38-13-9-33(26-44(38)69)50-63-18-3-19-64-50)48(30-42(41)54(58,59)60)70-45-27-34(51-65-20-4-21-66-51)10-14-39(45)40-15-11-35(28-46(40)70)52-67-22-5-23-68-52/h1-30H. The monoisotopic (exact) mass is 932 g/mol. The topological polar surface area (TPSA) is 113 Å². The smallest absolute Gasteiger partial charge is 0.307 e. The lowest BCUT2D eigenvalue weighted by molar-refractivity contribution is -0.137. The van der Waals surface area contributed by atoms with Crippen LogP contribution in [-0.4, -0.2) is 49.0 Å². The van der Waals surface area contributed by atoms with Crippen LogP contribution in [0.5, 0.6) is 0 Å². The van der Waals surface area contributed by atoms with Gasteiger partial charge < -0.3 is 9.13 Å². The molecule has 6 aromatic carbocycles. The molecule has 0 saturated carbocycles. The van der Waals surface area contributed by atoms with Gasteiger partial charge in [-0.2, -0.15) is 26.3 Å². The zero-order valence-corrected chi connectivity index (χ0v) is 36.1. The molecule has 16 heteroatoms. The average molecular weight is 933 g/mol. The van der Waals surface area contributed by atoms with Crippen LogP contribution in [0.3, 0.4) is 0 Å². The number of fused-ring (bicyclic) bond motifs is 6. The molecule has 0 N–H and O–H groups in total. The van der Waals surface area contributed by atoms with Gasteiger partial charge in [0.05, 0.1) is 44.6 Å². The lowest BCUT2D eigenvalue weighted by Gasteiger charge is -2.23. The van der Waals surface area contributed by atoms with Crippen molar-refractivity contribution in [1.82, 2.24) is 49.0 Å². The Hall–Kier alpha value is -9.18. The fourth-order valence-corrected chi connectivity index (χ4v) is 9.18. The molecule has 0 saturated heterocycles. The fraction of sp³-hybridized carbons (Fsp3) is 0.0370. The SMILES string of the molecule is FC(F)(F)c1cccc(-c2cc(-n3c4cc(-c5ncccn5)ccc4c4ccc(-c5ncccn5)cc43)c(-n3c4cc(-c5ncccn5)ccc4c4ccc(-c5ncccn5)cc43)cc2C(F)(F)F)c1. The molecule has 0 aliphatic heterocycles. The molecule has 0 bridgehead atoms. The van der Waals surface area contributed by atoms with E-state index >= 15 is 13.2 Å². The summed E-state index contributed by atoms with van der Waals surface area (Å²) in [5, 5.41) is 2.81. The Balaban J connectivity index is 1.28. The van der Waals surface area contributed by atoms with Crippen LogP contribution in [0, 0.1) is 0 Å². The molecule has 10 nitrogen and oxygen atoms in total. The minimum Gasteiger partial charge on any atom is -0.307 e. The molecule has 6 aromatic heterocycles. The van der Waals surface area contributed by atoms with E-state index in [4.69, 9.17) is 0 Å². The Morgan fingerprint density at radius 3 is 0.986 bits per heavy atom. The highest BCUT2D eigenvalue weighted by Gasteiger charge is 2.37. The third kappa shape index (κ3) is 7.24. The molecule has 0 aliphatic carbocycles. The van der Waals surface area contributed by atoms with Gasteiger partial charge in [0.2, 0.25) is 0 Å². The number of rotatable bonds is 7. The molecule has 0 unspecified atom stereocenters. The first-order valence-electron chi connectivity index (χ1n) is 21.7. The van der Waals surface area contributed by atoms with Crippen molar-refractivity contribution in [2.24, 2.45) is 0 Å². The van der Waals surface area contributed by atoms with Crippen molar-refractivity contribution in [3.8, 4) is 68.1 Å². The van der Waals surface area contributed by atoms with E-state index in [9.17, 15) is 13.2 Å². The Kier molecular flexibility index (Phi) is 9.80. The van der Waals surface area contributed by atoms with E-state index < -0.39 is 29.0 Å². The average Bonchev–Trinajstić information content (AvgIpc) is 3.89. The summed E-state index contributed by atoms with van der Waals surface area (Å²) in [4.78, 5) is 35.9. The van der Waals surface area contributed by atoms with E-state index in [1.807, 2.05) is 77.4 Å². The maximum absolute atomic E-state index is 16.1. The summed E-state index contributed by atoms with van der Waals surface area (Å²) in [6.07, 6.45) is 2.90. The van der Waals surface area contributed by atoms with Crippen LogP contribution in [0.2, 0.25) is 0 Å². The van der Waals surface area contributed by atoms with Gasteiger partial charge in [-0.15, -0.1) is 0 Å². The van der Waals surface area contributed by atoms with Gasteiger partial charge in [0.15, 0.2) is 23.3 Å². The van der Waals surface area contributed by atoms with Gasteiger partial charge in [-0.3, -0.25) is 0 Å². The van der Waals surface area contributed by atoms with Crippen LogP contribution in [-0.2, 0) is 12.4 Å². The van der Waals surface area contributed by atoms with Gasteiger partial charge in [-0.05, 0) is 83.9 Å². The van der Waals surface area contributed by atoms with E-state index in [0.717, 1.165) is 35.0 Å². The zero-order valence-electron chi connectivity index (χ0n) is 36.1. The highest BCUT2D eigenvalue weighted by atomic mass is 19.4. The number of aromatic nitrogens is 10. The number of halogens is 6. The molecule has 70 heavy (non-hydrogen) atoms. The first-order valence-corrected chi connectivity index (χ1v) is 21.7. The van der Waals surface area contributed by atoms with Crippen molar-refractivity contribution in [2.75, 3.05) is 0 Å². The predicted molar refractivity (Wildman–Crippen MR) is 255 cm³/mol. The summed E-state index contributed by atoms with van der Waals surface area (Å²) in [6, 6.07) is 35.4. The first-order chi connectivity index (χ1) is 34.0. The third-order valence-corrected chi connectivity index (χ3v) is 12.2. The first kappa shape index (κ1) is 42.2. The molecule has 0 radical (unpaired) electrons. The van der Waals surface area contributed by atoms with E-state index in [2.05, 4.69) is 39.9 Å². The lowest BCUT2D eigenvalue weighted by Crippen LogP contribution is -2.12. The maximum Gasteiger partial charge on any atom is 0.417 e. The normalized spacial score (nSPS) is 12.1. The van der Waals surface area contributed by atoms with E-state index in [0.29, 0.717) is 78.4 Å². The minimum absolute atomic E-state index is 0.0434. The Morgan fingerprint density at radius 2 is 0.657 bits per heavy atom. The Morgan fingerprint density at radius 1 is 0.314 bits per heavy atom. The lowest BCUT2D eigenvalue weighted by atomic mass is 9.95. The van der Waals surface area contributed by atoms with Crippen LogP contribution >= 0.6 is 0 Å². The van der Waals surface area contributed by atoms with E-state index in [1.54, 1.807) is 78.4 Å². The van der Waals surface area contributed by atoms with Crippen LogP contribution in [0.1, 0.15) is 11.1 Å². The number of alkyl halides is 6. The second-order valence-corrected chi connectivity index (χ2v) is 16.4. The van der Waals surface area contributed by atoms with Gasteiger partial charge in [0.1, 0.15) is 0 Å². The predicted octanol–water partition coefficient (Wildman–Crippen LogP) is 13.4. The van der Waals surface area contributed by atoms with Gasteiger partial charge in [-0.1, -0.05) is 60.7 Å². The molecular formula is C54H30F6N10. The summed E-state index contributed by atoms with van der Waals surface area (Å²) in [5.41, 5.74) is 1.64. The summed E-state index contributed by atoms with van der Waals surface area (Å²) < 4.78 is 95.0. The largest absolute Gasteiger partial charge is 0.417 e. The molecule has 0 amide bonds. The fourth-order valence-electron chi connectivity index (χ4n) is 9.18. The summed E-state index contributed by atoms with van der Waals surface area (Å²) in [6.45, 7) is 0. The molecule has 12 aromatic rings. The minimum atomic E-state index is -5.07. The van der Waals surface area contributed by atoms with Crippen molar-refractivity contribution < 1.29 is 26.3 Å². The highest BCUT2D eigenvalue weighted by molar-refractivity contribution is 6.13. The van der Waals surface area contributed by atoms with Gasteiger partial charge >= 0.3 is 12.4 Å². The number of nitrogens with zero attached hydrogens (tertiary/aromatic N) is 10. The second-order valence-electron chi connectivity index (χ2n) is 16.4. The van der Waals surface area contributed by atoms with Crippen molar-refractivity contribution in [2.45, 2.75) is 12.4 Å². The quantitative estimate of drug-likeness (QED) is 0.145. The summed E-state index contributed by atoms with van der Waals surface area (Å²) in [7, 11) is 0. The molecule has 0 atom stereocenters. The summed E-state index contributed by atoms with van der Waals surface area (Å²) >= 11 is 0. The molecule has 338 valence electrons. The molecular weight excluding hydrogens is 903 g/mol. The van der Waals surface area contributed by atoms with Gasteiger partial charge in [0, 0.05) is 93.4 Å². The number of hydrogen-bond donors (Lipinski definition) is 0. The maximum atomic E-state index is 16.1. The van der Waals surface area contributed by atoms with Crippen molar-refractivity contribution in [3.05, 3.63) is 194 Å². The molecule has 0 aliphatic rings. The highest BCUT2D eigenvalue weighted by Crippen LogP contribution is 2.47. The molecule has 0 spiro atoms. The zero-order chi connectivity index (χ0) is 47.7. The van der Waals surface area contributed by atoms with Crippen LogP contribution < -0.4 is 0 Å². The van der Waals surface area contributed by atoms with Gasteiger partial charge in [0.25, 0.3) is 0 Å². The van der Waals surface area contributed by atoms with Gasteiger partial charge in [-0.25, -0.2) is 39.9 Å². The third-order valence-electron chi connectivity index (χ3n) is 12.2.